The van der Waals surface area contributed by atoms with Crippen molar-refractivity contribution < 1.29 is 9.18 Å². The highest BCUT2D eigenvalue weighted by molar-refractivity contribution is 5.94. The van der Waals surface area contributed by atoms with Crippen LogP contribution in [0, 0.1) is 18.7 Å². The fourth-order valence-corrected chi connectivity index (χ4v) is 3.75. The fraction of sp³-hybridized carbons (Fsp3) is 0.500. The van der Waals surface area contributed by atoms with Crippen LogP contribution in [0.25, 0.3) is 0 Å². The molecule has 1 amide bonds. The Balaban J connectivity index is 1.49. The largest absolute Gasteiger partial charge is 0.338 e. The molecule has 1 aliphatic carbocycles. The molecule has 2 heterocycles. The van der Waals surface area contributed by atoms with Crippen LogP contribution in [0.1, 0.15) is 53.3 Å². The third kappa shape index (κ3) is 3.46. The zero-order valence-electron chi connectivity index (χ0n) is 14.6. The van der Waals surface area contributed by atoms with Gasteiger partial charge < -0.3 is 9.47 Å². The van der Waals surface area contributed by atoms with Gasteiger partial charge in [0.15, 0.2) is 0 Å². The molecular weight excluding hydrogens is 317 g/mol. The second-order valence-corrected chi connectivity index (χ2v) is 7.44. The molecular formula is C20H24FN3O. The highest BCUT2D eigenvalue weighted by Crippen LogP contribution is 2.33. The number of carbonyl (C=O) groups excluding carboxylic acids is 1. The van der Waals surface area contributed by atoms with Crippen molar-refractivity contribution in [3.63, 3.8) is 0 Å². The molecule has 2 aromatic rings. The van der Waals surface area contributed by atoms with Gasteiger partial charge in [0.1, 0.15) is 11.6 Å². The summed E-state index contributed by atoms with van der Waals surface area (Å²) in [7, 11) is 0. The van der Waals surface area contributed by atoms with E-state index in [9.17, 15) is 9.18 Å². The summed E-state index contributed by atoms with van der Waals surface area (Å²) < 4.78 is 15.7. The lowest BCUT2D eigenvalue weighted by molar-refractivity contribution is 0.0703. The van der Waals surface area contributed by atoms with E-state index in [-0.39, 0.29) is 17.6 Å². The molecule has 1 aromatic carbocycles. The van der Waals surface area contributed by atoms with Crippen LogP contribution < -0.4 is 0 Å². The van der Waals surface area contributed by atoms with Crippen LogP contribution in [0.15, 0.2) is 30.6 Å². The third-order valence-electron chi connectivity index (χ3n) is 5.38. The predicted molar refractivity (Wildman–Crippen MR) is 94.0 cm³/mol. The van der Waals surface area contributed by atoms with Gasteiger partial charge in [0, 0.05) is 43.5 Å². The van der Waals surface area contributed by atoms with Crippen molar-refractivity contribution in [3.05, 3.63) is 53.4 Å². The van der Waals surface area contributed by atoms with E-state index in [0.29, 0.717) is 17.7 Å². The number of aryl methyl sites for hydroxylation is 1. The van der Waals surface area contributed by atoms with Crippen LogP contribution in [0.3, 0.4) is 0 Å². The monoisotopic (exact) mass is 341 g/mol. The van der Waals surface area contributed by atoms with Crippen LogP contribution in [0.4, 0.5) is 4.39 Å². The van der Waals surface area contributed by atoms with E-state index in [0.717, 1.165) is 37.7 Å². The van der Waals surface area contributed by atoms with E-state index in [1.807, 2.05) is 11.1 Å². The summed E-state index contributed by atoms with van der Waals surface area (Å²) in [6, 6.07) is 4.62. The summed E-state index contributed by atoms with van der Waals surface area (Å²) >= 11 is 0. The number of carbonyl (C=O) groups is 1. The maximum Gasteiger partial charge on any atom is 0.253 e. The number of hydrogen-bond donors (Lipinski definition) is 0. The van der Waals surface area contributed by atoms with Gasteiger partial charge in [-0.25, -0.2) is 9.37 Å². The number of hydrogen-bond acceptors (Lipinski definition) is 2. The first-order valence-corrected chi connectivity index (χ1v) is 9.18. The van der Waals surface area contributed by atoms with Gasteiger partial charge >= 0.3 is 0 Å². The average Bonchev–Trinajstić information content (AvgIpc) is 3.32. The normalized spacial score (nSPS) is 20.7. The molecule has 1 saturated carbocycles. The van der Waals surface area contributed by atoms with E-state index < -0.39 is 0 Å². The second kappa shape index (κ2) is 6.62. The minimum atomic E-state index is -0.268. The van der Waals surface area contributed by atoms with Gasteiger partial charge in [0.2, 0.25) is 0 Å². The number of imidazole rings is 1. The Morgan fingerprint density at radius 1 is 1.32 bits per heavy atom. The van der Waals surface area contributed by atoms with E-state index in [4.69, 9.17) is 0 Å². The molecule has 0 N–H and O–H groups in total. The average molecular weight is 341 g/mol. The molecule has 1 saturated heterocycles. The topological polar surface area (TPSA) is 38.1 Å². The summed E-state index contributed by atoms with van der Waals surface area (Å²) in [6.45, 7) is 4.20. The van der Waals surface area contributed by atoms with Gasteiger partial charge in [-0.2, -0.15) is 0 Å². The van der Waals surface area contributed by atoms with Gasteiger partial charge in [-0.05, 0) is 62.3 Å². The second-order valence-electron chi connectivity index (χ2n) is 7.44. The van der Waals surface area contributed by atoms with Gasteiger partial charge in [0.25, 0.3) is 5.91 Å². The van der Waals surface area contributed by atoms with Crippen LogP contribution in [-0.2, 0) is 6.54 Å². The van der Waals surface area contributed by atoms with Crippen LogP contribution in [0.2, 0.25) is 0 Å². The van der Waals surface area contributed by atoms with Crippen LogP contribution in [-0.4, -0.2) is 33.4 Å². The summed E-state index contributed by atoms with van der Waals surface area (Å²) in [5, 5.41) is 0. The summed E-state index contributed by atoms with van der Waals surface area (Å²) in [6.07, 6.45) is 8.62. The molecule has 2 fully saturated rings. The van der Waals surface area contributed by atoms with Gasteiger partial charge in [-0.15, -0.1) is 0 Å². The first-order valence-electron chi connectivity index (χ1n) is 9.18. The minimum absolute atomic E-state index is 0.00639. The van der Waals surface area contributed by atoms with Crippen molar-refractivity contribution in [3.8, 4) is 0 Å². The zero-order chi connectivity index (χ0) is 17.4. The van der Waals surface area contributed by atoms with E-state index in [1.54, 1.807) is 19.1 Å². The maximum absolute atomic E-state index is 13.5. The number of benzene rings is 1. The molecule has 0 bridgehead atoms. The van der Waals surface area contributed by atoms with Crippen molar-refractivity contribution in [2.75, 3.05) is 13.1 Å². The lowest BCUT2D eigenvalue weighted by atomic mass is 9.96. The molecule has 4 nitrogen and oxygen atoms in total. The molecule has 1 atom stereocenters. The standard InChI is InChI=1S/C20H24FN3O/c1-14-11-16(6-7-18(14)21)20(25)24-9-2-3-17(13-24)19-22-8-10-23(19)12-15-4-5-15/h6-8,10-11,15,17H,2-5,9,12-13H2,1H3/t17-/m0/s1. The molecule has 2 aliphatic rings. The smallest absolute Gasteiger partial charge is 0.253 e. The van der Waals surface area contributed by atoms with Crippen molar-refractivity contribution in [1.82, 2.24) is 14.5 Å². The Bertz CT molecular complexity index is 781. The number of nitrogens with zero attached hydrogens (tertiary/aromatic N) is 3. The molecule has 1 aromatic heterocycles. The van der Waals surface area contributed by atoms with Crippen LogP contribution >= 0.6 is 0 Å². The summed E-state index contributed by atoms with van der Waals surface area (Å²) in [5.74, 6) is 1.92. The van der Waals surface area contributed by atoms with Gasteiger partial charge in [0.05, 0.1) is 0 Å². The maximum atomic E-state index is 13.5. The first kappa shape index (κ1) is 16.3. The third-order valence-corrected chi connectivity index (χ3v) is 5.38. The molecule has 5 heteroatoms. The zero-order valence-corrected chi connectivity index (χ0v) is 14.6. The summed E-state index contributed by atoms with van der Waals surface area (Å²) in [5.41, 5.74) is 1.08. The lowest BCUT2D eigenvalue weighted by Gasteiger charge is -2.33. The SMILES string of the molecule is Cc1cc(C(=O)N2CCC[C@H](c3nccn3CC3CC3)C2)ccc1F. The molecule has 25 heavy (non-hydrogen) atoms. The molecule has 132 valence electrons. The predicted octanol–water partition coefficient (Wildman–Crippen LogP) is 3.76. The Morgan fingerprint density at radius 3 is 2.92 bits per heavy atom. The number of amides is 1. The quantitative estimate of drug-likeness (QED) is 0.849. The van der Waals surface area contributed by atoms with Gasteiger partial charge in [-0.3, -0.25) is 4.79 Å². The molecule has 0 unspecified atom stereocenters. The number of rotatable bonds is 4. The van der Waals surface area contributed by atoms with Crippen molar-refractivity contribution in [1.29, 1.82) is 0 Å². The first-order chi connectivity index (χ1) is 12.1. The van der Waals surface area contributed by atoms with Crippen molar-refractivity contribution >= 4 is 5.91 Å². The highest BCUT2D eigenvalue weighted by Gasteiger charge is 2.29. The van der Waals surface area contributed by atoms with Crippen molar-refractivity contribution in [2.24, 2.45) is 5.92 Å². The Labute approximate surface area is 147 Å². The van der Waals surface area contributed by atoms with E-state index in [1.165, 1.54) is 18.9 Å². The van der Waals surface area contributed by atoms with E-state index >= 15 is 0 Å². The van der Waals surface area contributed by atoms with Crippen LogP contribution in [0.5, 0.6) is 0 Å². The molecule has 0 radical (unpaired) electrons. The van der Waals surface area contributed by atoms with Gasteiger partial charge in [-0.1, -0.05) is 0 Å². The van der Waals surface area contributed by atoms with Crippen molar-refractivity contribution in [2.45, 2.75) is 45.1 Å². The van der Waals surface area contributed by atoms with E-state index in [2.05, 4.69) is 15.7 Å². The Hall–Kier alpha value is -2.17. The fourth-order valence-electron chi connectivity index (χ4n) is 3.75. The lowest BCUT2D eigenvalue weighted by Crippen LogP contribution is -2.39. The molecule has 4 rings (SSSR count). The Morgan fingerprint density at radius 2 is 2.16 bits per heavy atom. The number of aromatic nitrogens is 2. The highest BCUT2D eigenvalue weighted by atomic mass is 19.1. The summed E-state index contributed by atoms with van der Waals surface area (Å²) in [4.78, 5) is 19.3. The number of likely N-dealkylation sites (tertiary alicyclic amines) is 1. The Kier molecular flexibility index (Phi) is 4.32. The molecule has 0 spiro atoms. The number of piperidine rings is 1. The minimum Gasteiger partial charge on any atom is -0.338 e. The number of halogens is 1. The molecule has 1 aliphatic heterocycles.